The molecule has 1 aliphatic heterocycles. The molecule has 2 N–H and O–H groups in total. The molecule has 1 heterocycles. The molecule has 0 fully saturated rings. The molecule has 0 aromatic rings. The Kier molecular flexibility index (Phi) is 6.07. The van der Waals surface area contributed by atoms with Crippen molar-refractivity contribution in [2.75, 3.05) is 0 Å². The highest BCUT2D eigenvalue weighted by Gasteiger charge is 2.37. The average Bonchev–Trinajstić information content (AvgIpc) is 2.72. The van der Waals surface area contributed by atoms with Crippen LogP contribution in [0, 0.1) is 16.7 Å². The van der Waals surface area contributed by atoms with Crippen molar-refractivity contribution in [3.8, 4) is 6.07 Å². The fourth-order valence-electron chi connectivity index (χ4n) is 3.42. The van der Waals surface area contributed by atoms with Crippen LogP contribution in [0.15, 0.2) is 83.4 Å². The SMILES string of the molecule is C=C/C(O)=C\C1=C(C)C(=O)C2=CC(NC(=C)/C=C(C#N)\C=C/CC2)C1(C)C. The number of nitrogens with one attached hydrogen (secondary N) is 1. The van der Waals surface area contributed by atoms with Crippen molar-refractivity contribution in [2.45, 2.75) is 39.7 Å². The van der Waals surface area contributed by atoms with Gasteiger partial charge in [-0.15, -0.1) is 0 Å². The van der Waals surface area contributed by atoms with Crippen molar-refractivity contribution in [1.29, 1.82) is 5.26 Å². The molecule has 140 valence electrons. The first-order chi connectivity index (χ1) is 12.7. The number of hydrogen-bond acceptors (Lipinski definition) is 4. The molecule has 2 rings (SSSR count). The molecule has 0 aromatic carbocycles. The smallest absolute Gasteiger partial charge is 0.184 e. The number of carbonyl (C=O) groups is 1. The van der Waals surface area contributed by atoms with E-state index in [0.29, 0.717) is 29.7 Å². The van der Waals surface area contributed by atoms with Crippen molar-refractivity contribution in [1.82, 2.24) is 5.32 Å². The molecular weight excluding hydrogens is 336 g/mol. The Labute approximate surface area is 161 Å². The van der Waals surface area contributed by atoms with Gasteiger partial charge in [-0.25, -0.2) is 0 Å². The topological polar surface area (TPSA) is 73.1 Å². The lowest BCUT2D eigenvalue weighted by Gasteiger charge is -2.35. The molecule has 0 radical (unpaired) electrons. The molecule has 1 unspecified atom stereocenters. The molecule has 0 aromatic heterocycles. The molecule has 4 heteroatoms. The molecule has 0 amide bonds. The van der Waals surface area contributed by atoms with Gasteiger partial charge in [0.15, 0.2) is 5.78 Å². The molecule has 1 aliphatic carbocycles. The van der Waals surface area contributed by atoms with E-state index in [1.54, 1.807) is 25.2 Å². The first-order valence-corrected chi connectivity index (χ1v) is 8.94. The maximum Gasteiger partial charge on any atom is 0.184 e. The highest BCUT2D eigenvalue weighted by molar-refractivity contribution is 6.09. The third-order valence-electron chi connectivity index (χ3n) is 5.05. The molecule has 2 bridgehead atoms. The van der Waals surface area contributed by atoms with Gasteiger partial charge >= 0.3 is 0 Å². The van der Waals surface area contributed by atoms with E-state index >= 15 is 0 Å². The molecular formula is C23H26N2O2. The zero-order valence-electron chi connectivity index (χ0n) is 16.2. The van der Waals surface area contributed by atoms with Crippen LogP contribution >= 0.6 is 0 Å². The summed E-state index contributed by atoms with van der Waals surface area (Å²) in [5.41, 5.74) is 2.67. The number of aliphatic hydroxyl groups is 1. The van der Waals surface area contributed by atoms with Gasteiger partial charge in [0.05, 0.1) is 17.7 Å². The van der Waals surface area contributed by atoms with Gasteiger partial charge in [-0.1, -0.05) is 39.2 Å². The number of nitriles is 1. The average molecular weight is 362 g/mol. The third-order valence-corrected chi connectivity index (χ3v) is 5.05. The summed E-state index contributed by atoms with van der Waals surface area (Å²) >= 11 is 0. The first-order valence-electron chi connectivity index (χ1n) is 8.94. The van der Waals surface area contributed by atoms with E-state index in [0.717, 1.165) is 11.1 Å². The molecule has 0 saturated heterocycles. The zero-order chi connectivity index (χ0) is 20.2. The second-order valence-electron chi connectivity index (χ2n) is 7.35. The van der Waals surface area contributed by atoms with E-state index in [-0.39, 0.29) is 17.6 Å². The highest BCUT2D eigenvalue weighted by atomic mass is 16.3. The summed E-state index contributed by atoms with van der Waals surface area (Å²) in [6, 6.07) is 1.91. The normalized spacial score (nSPS) is 26.4. The molecule has 1 atom stereocenters. The Morgan fingerprint density at radius 1 is 1.48 bits per heavy atom. The summed E-state index contributed by atoms with van der Waals surface area (Å²) in [6.45, 7) is 13.4. The van der Waals surface area contributed by atoms with Crippen LogP contribution in [0.3, 0.4) is 0 Å². The fraction of sp³-hybridized carbons (Fsp3) is 0.304. The van der Waals surface area contributed by atoms with Gasteiger partial charge in [0.2, 0.25) is 0 Å². The van der Waals surface area contributed by atoms with Gasteiger partial charge in [-0.05, 0) is 55.2 Å². The standard InChI is InChI=1S/C23H26N2O2/c1-6-19(26)13-20-16(3)22(27)18-10-8-7-9-17(14-24)11-15(2)25-21(12-18)23(20,4)5/h6-7,9,11-13,21,25-26H,1-2,8,10H2,3-5H3/b9-7-,17-11+,19-13+. The Morgan fingerprint density at radius 2 is 2.19 bits per heavy atom. The van der Waals surface area contributed by atoms with E-state index in [9.17, 15) is 15.2 Å². The van der Waals surface area contributed by atoms with Crippen molar-refractivity contribution in [3.63, 3.8) is 0 Å². The number of rotatable bonds is 2. The minimum absolute atomic E-state index is 0.0157. The lowest BCUT2D eigenvalue weighted by Crippen LogP contribution is -2.40. The van der Waals surface area contributed by atoms with Crippen molar-refractivity contribution < 1.29 is 9.90 Å². The van der Waals surface area contributed by atoms with Crippen LogP contribution in [0.4, 0.5) is 0 Å². The summed E-state index contributed by atoms with van der Waals surface area (Å²) in [6.07, 6.45) is 11.5. The largest absolute Gasteiger partial charge is 0.508 e. The number of allylic oxidation sites excluding steroid dienone is 8. The lowest BCUT2D eigenvalue weighted by molar-refractivity contribution is -0.112. The number of Topliss-reactive ketones (excluding diaryl/α,β-unsaturated/α-hetero) is 1. The van der Waals surface area contributed by atoms with Crippen LogP contribution in [0.25, 0.3) is 0 Å². The highest BCUT2D eigenvalue weighted by Crippen LogP contribution is 2.39. The molecule has 2 aliphatic rings. The van der Waals surface area contributed by atoms with Gasteiger partial charge in [-0.2, -0.15) is 5.26 Å². The van der Waals surface area contributed by atoms with Gasteiger partial charge in [0.1, 0.15) is 5.76 Å². The Morgan fingerprint density at radius 3 is 2.81 bits per heavy atom. The zero-order valence-corrected chi connectivity index (χ0v) is 16.2. The molecule has 0 saturated carbocycles. The van der Waals surface area contributed by atoms with Crippen LogP contribution in [-0.2, 0) is 4.79 Å². The monoisotopic (exact) mass is 362 g/mol. The van der Waals surface area contributed by atoms with Crippen LogP contribution in [0.1, 0.15) is 33.6 Å². The summed E-state index contributed by atoms with van der Waals surface area (Å²) < 4.78 is 0. The van der Waals surface area contributed by atoms with Gasteiger partial charge < -0.3 is 10.4 Å². The first kappa shape index (κ1) is 20.3. The van der Waals surface area contributed by atoms with E-state index in [4.69, 9.17) is 0 Å². The van der Waals surface area contributed by atoms with Gasteiger partial charge in [-0.3, -0.25) is 4.79 Å². The summed E-state index contributed by atoms with van der Waals surface area (Å²) in [5, 5.41) is 22.7. The second-order valence-corrected chi connectivity index (χ2v) is 7.35. The van der Waals surface area contributed by atoms with E-state index in [2.05, 4.69) is 24.5 Å². The predicted molar refractivity (Wildman–Crippen MR) is 109 cm³/mol. The van der Waals surface area contributed by atoms with E-state index < -0.39 is 5.41 Å². The van der Waals surface area contributed by atoms with E-state index in [1.165, 1.54) is 6.08 Å². The Balaban J connectivity index is 2.65. The Bertz CT molecular complexity index is 871. The number of ketones is 1. The van der Waals surface area contributed by atoms with Crippen molar-refractivity contribution >= 4 is 5.78 Å². The second kappa shape index (κ2) is 8.09. The molecule has 27 heavy (non-hydrogen) atoms. The predicted octanol–water partition coefficient (Wildman–Crippen LogP) is 4.74. The lowest BCUT2D eigenvalue weighted by atomic mass is 9.75. The van der Waals surface area contributed by atoms with Crippen LogP contribution in [-0.4, -0.2) is 16.9 Å². The van der Waals surface area contributed by atoms with Gasteiger partial charge in [0.25, 0.3) is 0 Å². The number of aliphatic hydroxyl groups excluding tert-OH is 1. The van der Waals surface area contributed by atoms with E-state index in [1.807, 2.05) is 26.0 Å². The summed E-state index contributed by atoms with van der Waals surface area (Å²) in [4.78, 5) is 13.1. The maximum atomic E-state index is 13.1. The minimum atomic E-state index is -0.510. The molecule has 4 nitrogen and oxygen atoms in total. The number of carbonyl (C=O) groups excluding carboxylic acids is 1. The van der Waals surface area contributed by atoms with Crippen LogP contribution in [0.5, 0.6) is 0 Å². The van der Waals surface area contributed by atoms with Gasteiger partial charge in [0, 0.05) is 16.7 Å². The Hall–Kier alpha value is -3.06. The summed E-state index contributed by atoms with van der Waals surface area (Å²) in [5.74, 6) is -0.0100. The number of hydrogen-bond donors (Lipinski definition) is 2. The third kappa shape index (κ3) is 4.38. The van der Waals surface area contributed by atoms with Crippen LogP contribution < -0.4 is 5.32 Å². The quantitative estimate of drug-likeness (QED) is 0.550. The minimum Gasteiger partial charge on any atom is -0.508 e. The number of nitrogens with zero attached hydrogens (tertiary/aromatic N) is 1. The van der Waals surface area contributed by atoms with Crippen LogP contribution in [0.2, 0.25) is 0 Å². The van der Waals surface area contributed by atoms with Crippen molar-refractivity contribution in [3.05, 3.63) is 83.4 Å². The molecule has 0 spiro atoms. The fourth-order valence-corrected chi connectivity index (χ4v) is 3.42. The number of fused-ring (bicyclic) bond motifs is 1. The van der Waals surface area contributed by atoms with Crippen molar-refractivity contribution in [2.24, 2.45) is 5.41 Å². The maximum absolute atomic E-state index is 13.1. The summed E-state index contributed by atoms with van der Waals surface area (Å²) in [7, 11) is 0.